The van der Waals surface area contributed by atoms with Crippen LogP contribution in [-0.2, 0) is 0 Å². The zero-order valence-corrected chi connectivity index (χ0v) is 10.7. The van der Waals surface area contributed by atoms with Crippen LogP contribution in [0.5, 0.6) is 0 Å². The van der Waals surface area contributed by atoms with Crippen molar-refractivity contribution in [2.24, 2.45) is 17.6 Å². The number of aryl methyl sites for hydroxylation is 2. The average molecular weight is 221 g/mol. The molecule has 0 spiro atoms. The molecule has 0 fully saturated rings. The van der Waals surface area contributed by atoms with Gasteiger partial charge in [0.05, 0.1) is 0 Å². The van der Waals surface area contributed by atoms with Crippen LogP contribution in [0.25, 0.3) is 0 Å². The number of nitrogens with two attached hydrogens (primary N) is 1. The Morgan fingerprint density at radius 3 is 2.25 bits per heavy atom. The predicted octanol–water partition coefficient (Wildman–Crippen LogP) is 2.57. The van der Waals surface area contributed by atoms with Crippen molar-refractivity contribution >= 4 is 0 Å². The van der Waals surface area contributed by atoms with Crippen LogP contribution in [0, 0.1) is 25.7 Å². The van der Waals surface area contributed by atoms with Gasteiger partial charge in [-0.2, -0.15) is 0 Å². The lowest BCUT2D eigenvalue weighted by atomic mass is 9.85. The van der Waals surface area contributed by atoms with Crippen molar-refractivity contribution in [2.45, 2.75) is 33.7 Å². The summed E-state index contributed by atoms with van der Waals surface area (Å²) in [4.78, 5) is 0. The van der Waals surface area contributed by atoms with E-state index < -0.39 is 0 Å². The van der Waals surface area contributed by atoms with Crippen molar-refractivity contribution in [3.63, 3.8) is 0 Å². The lowest BCUT2D eigenvalue weighted by Crippen LogP contribution is -2.28. The van der Waals surface area contributed by atoms with Crippen LogP contribution in [-0.4, -0.2) is 11.7 Å². The topological polar surface area (TPSA) is 46.2 Å². The largest absolute Gasteiger partial charge is 0.396 e. The molecule has 0 radical (unpaired) electrons. The molecule has 1 rings (SSSR count). The van der Waals surface area contributed by atoms with E-state index in [2.05, 4.69) is 45.9 Å². The molecule has 0 aliphatic carbocycles. The predicted molar refractivity (Wildman–Crippen MR) is 68.3 cm³/mol. The molecule has 1 aromatic carbocycles. The van der Waals surface area contributed by atoms with E-state index in [1.54, 1.807) is 0 Å². The zero-order chi connectivity index (χ0) is 12.3. The minimum atomic E-state index is -0.0794. The van der Waals surface area contributed by atoms with Gasteiger partial charge in [0.15, 0.2) is 0 Å². The second-order valence-electron chi connectivity index (χ2n) is 4.96. The molecule has 0 bridgehead atoms. The summed E-state index contributed by atoms with van der Waals surface area (Å²) in [5.74, 6) is 0.517. The maximum atomic E-state index is 9.37. The Balaban J connectivity index is 2.94. The first-order valence-electron chi connectivity index (χ1n) is 5.91. The van der Waals surface area contributed by atoms with Gasteiger partial charge in [0.2, 0.25) is 0 Å². The van der Waals surface area contributed by atoms with Gasteiger partial charge in [-0.05, 0) is 36.5 Å². The van der Waals surface area contributed by atoms with Gasteiger partial charge in [0.1, 0.15) is 0 Å². The lowest BCUT2D eigenvalue weighted by molar-refractivity contribution is 0.166. The smallest absolute Gasteiger partial charge is 0.0479 e. The summed E-state index contributed by atoms with van der Waals surface area (Å²) in [6.07, 6.45) is 0. The Labute approximate surface area is 98.5 Å². The number of aliphatic hydroxyl groups is 1. The molecular formula is C14H23NO. The first-order chi connectivity index (χ1) is 7.47. The molecule has 0 amide bonds. The first-order valence-corrected chi connectivity index (χ1v) is 5.91. The number of rotatable bonds is 4. The Morgan fingerprint density at radius 2 is 1.81 bits per heavy atom. The second-order valence-corrected chi connectivity index (χ2v) is 4.96. The molecule has 16 heavy (non-hydrogen) atoms. The van der Waals surface area contributed by atoms with Crippen LogP contribution in [0.2, 0.25) is 0 Å². The van der Waals surface area contributed by atoms with Gasteiger partial charge in [-0.1, -0.05) is 32.0 Å². The summed E-state index contributed by atoms with van der Waals surface area (Å²) in [7, 11) is 0. The highest BCUT2D eigenvalue weighted by molar-refractivity contribution is 5.31. The summed E-state index contributed by atoms with van der Waals surface area (Å²) in [6, 6.07) is 6.21. The number of aliphatic hydroxyl groups excluding tert-OH is 1. The SMILES string of the molecule is Cc1ccc(C(N)C(CO)C(C)C)cc1C. The van der Waals surface area contributed by atoms with Gasteiger partial charge in [-0.15, -0.1) is 0 Å². The fraction of sp³-hybridized carbons (Fsp3) is 0.571. The lowest BCUT2D eigenvalue weighted by Gasteiger charge is -2.26. The van der Waals surface area contributed by atoms with Gasteiger partial charge in [-0.3, -0.25) is 0 Å². The van der Waals surface area contributed by atoms with Crippen molar-refractivity contribution in [2.75, 3.05) is 6.61 Å². The monoisotopic (exact) mass is 221 g/mol. The summed E-state index contributed by atoms with van der Waals surface area (Å²) in [5.41, 5.74) is 9.87. The molecule has 2 heteroatoms. The van der Waals surface area contributed by atoms with Crippen LogP contribution in [0.3, 0.4) is 0 Å². The van der Waals surface area contributed by atoms with Crippen LogP contribution < -0.4 is 5.73 Å². The van der Waals surface area contributed by atoms with E-state index in [9.17, 15) is 5.11 Å². The Bertz CT molecular complexity index is 347. The molecule has 0 aliphatic rings. The summed E-state index contributed by atoms with van der Waals surface area (Å²) in [5, 5.41) is 9.37. The zero-order valence-electron chi connectivity index (χ0n) is 10.7. The van der Waals surface area contributed by atoms with E-state index in [0.717, 1.165) is 5.56 Å². The second kappa shape index (κ2) is 5.46. The van der Waals surface area contributed by atoms with Crippen LogP contribution in [0.4, 0.5) is 0 Å². The van der Waals surface area contributed by atoms with Crippen molar-refractivity contribution in [3.8, 4) is 0 Å². The Kier molecular flexibility index (Phi) is 4.51. The highest BCUT2D eigenvalue weighted by Crippen LogP contribution is 2.26. The molecule has 0 heterocycles. The third-order valence-corrected chi connectivity index (χ3v) is 3.44. The van der Waals surface area contributed by atoms with Crippen LogP contribution in [0.1, 0.15) is 36.6 Å². The average Bonchev–Trinajstić information content (AvgIpc) is 2.22. The van der Waals surface area contributed by atoms with E-state index in [0.29, 0.717) is 5.92 Å². The van der Waals surface area contributed by atoms with Crippen LogP contribution >= 0.6 is 0 Å². The minimum Gasteiger partial charge on any atom is -0.396 e. The third-order valence-electron chi connectivity index (χ3n) is 3.44. The number of hydrogen-bond donors (Lipinski definition) is 2. The van der Waals surface area contributed by atoms with E-state index in [1.807, 2.05) is 0 Å². The molecule has 0 aliphatic heterocycles. The van der Waals surface area contributed by atoms with Gasteiger partial charge in [-0.25, -0.2) is 0 Å². The Morgan fingerprint density at radius 1 is 1.19 bits per heavy atom. The maximum Gasteiger partial charge on any atom is 0.0479 e. The van der Waals surface area contributed by atoms with Crippen molar-refractivity contribution < 1.29 is 5.11 Å². The highest BCUT2D eigenvalue weighted by Gasteiger charge is 2.22. The number of hydrogen-bond acceptors (Lipinski definition) is 2. The summed E-state index contributed by atoms with van der Waals surface area (Å²) >= 11 is 0. The molecule has 2 atom stereocenters. The van der Waals surface area contributed by atoms with E-state index in [4.69, 9.17) is 5.73 Å². The molecule has 90 valence electrons. The van der Waals surface area contributed by atoms with Crippen molar-refractivity contribution in [1.29, 1.82) is 0 Å². The molecule has 0 aromatic heterocycles. The van der Waals surface area contributed by atoms with Gasteiger partial charge >= 0.3 is 0 Å². The normalized spacial score (nSPS) is 15.2. The van der Waals surface area contributed by atoms with E-state index in [1.165, 1.54) is 11.1 Å². The molecule has 2 nitrogen and oxygen atoms in total. The van der Waals surface area contributed by atoms with Gasteiger partial charge in [0.25, 0.3) is 0 Å². The minimum absolute atomic E-state index is 0.0794. The van der Waals surface area contributed by atoms with Crippen molar-refractivity contribution in [1.82, 2.24) is 0 Å². The molecule has 3 N–H and O–H groups in total. The van der Waals surface area contributed by atoms with E-state index in [-0.39, 0.29) is 18.6 Å². The standard InChI is InChI=1S/C14H23NO/c1-9(2)13(8-16)14(15)12-6-5-10(3)11(4)7-12/h5-7,9,13-14,16H,8,15H2,1-4H3. The summed E-state index contributed by atoms with van der Waals surface area (Å²) < 4.78 is 0. The van der Waals surface area contributed by atoms with E-state index >= 15 is 0 Å². The Hall–Kier alpha value is -0.860. The molecule has 1 aromatic rings. The maximum absolute atomic E-state index is 9.37. The third kappa shape index (κ3) is 2.83. The molecule has 0 saturated carbocycles. The quantitative estimate of drug-likeness (QED) is 0.821. The first kappa shape index (κ1) is 13.2. The van der Waals surface area contributed by atoms with Crippen LogP contribution in [0.15, 0.2) is 18.2 Å². The molecule has 0 saturated heterocycles. The van der Waals surface area contributed by atoms with Gasteiger partial charge in [0, 0.05) is 18.6 Å². The van der Waals surface area contributed by atoms with Crippen molar-refractivity contribution in [3.05, 3.63) is 34.9 Å². The molecule has 2 unspecified atom stereocenters. The van der Waals surface area contributed by atoms with Gasteiger partial charge < -0.3 is 10.8 Å². The molecular weight excluding hydrogens is 198 g/mol. The number of benzene rings is 1. The fourth-order valence-electron chi connectivity index (χ4n) is 1.96. The highest BCUT2D eigenvalue weighted by atomic mass is 16.3. The fourth-order valence-corrected chi connectivity index (χ4v) is 1.96. The summed E-state index contributed by atoms with van der Waals surface area (Å²) in [6.45, 7) is 8.53.